The number of hydrogen-bond donors (Lipinski definition) is 1. The Morgan fingerprint density at radius 1 is 1.31 bits per heavy atom. The van der Waals surface area contributed by atoms with Gasteiger partial charge in [0.2, 0.25) is 0 Å². The molecule has 0 aromatic heterocycles. The molecular formula is C10H13F2N. The van der Waals surface area contributed by atoms with E-state index in [1.807, 2.05) is 0 Å². The Kier molecular flexibility index (Phi) is 2.98. The van der Waals surface area contributed by atoms with Crippen LogP contribution in [0.5, 0.6) is 0 Å². The van der Waals surface area contributed by atoms with Crippen molar-refractivity contribution in [3.63, 3.8) is 0 Å². The first-order valence-electron chi connectivity index (χ1n) is 4.16. The molecule has 1 nitrogen and oxygen atoms in total. The molecule has 0 fully saturated rings. The van der Waals surface area contributed by atoms with Gasteiger partial charge in [-0.2, -0.15) is 0 Å². The molecule has 3 heteroatoms. The average molecular weight is 185 g/mol. The monoisotopic (exact) mass is 185 g/mol. The highest BCUT2D eigenvalue weighted by Crippen LogP contribution is 2.19. The summed E-state index contributed by atoms with van der Waals surface area (Å²) in [6, 6.07) is 1.23. The summed E-state index contributed by atoms with van der Waals surface area (Å²) in [5, 5.41) is 2.81. The summed E-state index contributed by atoms with van der Waals surface area (Å²) in [4.78, 5) is 0. The van der Waals surface area contributed by atoms with Gasteiger partial charge in [-0.1, -0.05) is 0 Å². The first-order valence-corrected chi connectivity index (χ1v) is 4.16. The Labute approximate surface area is 76.8 Å². The second-order valence-corrected chi connectivity index (χ2v) is 3.12. The predicted molar refractivity (Wildman–Crippen MR) is 48.6 cm³/mol. The van der Waals surface area contributed by atoms with Crippen molar-refractivity contribution in [1.82, 2.24) is 5.32 Å². The fraction of sp³-hybridized carbons (Fsp3) is 0.400. The highest BCUT2D eigenvalue weighted by molar-refractivity contribution is 5.33. The quantitative estimate of drug-likeness (QED) is 0.745. The van der Waals surface area contributed by atoms with Gasteiger partial charge >= 0.3 is 0 Å². The third kappa shape index (κ3) is 1.86. The molecular weight excluding hydrogens is 172 g/mol. The van der Waals surface area contributed by atoms with Gasteiger partial charge in [0.1, 0.15) is 11.6 Å². The fourth-order valence-corrected chi connectivity index (χ4v) is 1.30. The minimum Gasteiger partial charge on any atom is -0.316 e. The Bertz CT molecular complexity index is 295. The Morgan fingerprint density at radius 3 is 2.46 bits per heavy atom. The second kappa shape index (κ2) is 3.83. The molecule has 0 aliphatic rings. The van der Waals surface area contributed by atoms with E-state index in [2.05, 4.69) is 5.32 Å². The van der Waals surface area contributed by atoms with E-state index in [4.69, 9.17) is 0 Å². The third-order valence-electron chi connectivity index (χ3n) is 2.12. The molecule has 0 saturated carbocycles. The summed E-state index contributed by atoms with van der Waals surface area (Å²) in [6.07, 6.45) is 0. The van der Waals surface area contributed by atoms with Crippen LogP contribution in [-0.2, 0) is 6.54 Å². The zero-order valence-electron chi connectivity index (χ0n) is 8.04. The van der Waals surface area contributed by atoms with Crippen LogP contribution in [0.15, 0.2) is 6.07 Å². The number of halogens is 2. The van der Waals surface area contributed by atoms with Gasteiger partial charge in [0.05, 0.1) is 0 Å². The minimum absolute atomic E-state index is 0.312. The van der Waals surface area contributed by atoms with Crippen molar-refractivity contribution in [2.45, 2.75) is 20.4 Å². The molecule has 0 heterocycles. The normalized spacial score (nSPS) is 10.5. The summed E-state index contributed by atoms with van der Waals surface area (Å²) in [6.45, 7) is 3.51. The maximum atomic E-state index is 13.4. The van der Waals surface area contributed by atoms with Crippen molar-refractivity contribution < 1.29 is 8.78 Å². The van der Waals surface area contributed by atoms with Crippen LogP contribution in [-0.4, -0.2) is 7.05 Å². The van der Waals surface area contributed by atoms with E-state index in [-0.39, 0.29) is 11.6 Å². The molecule has 1 N–H and O–H groups in total. The lowest BCUT2D eigenvalue weighted by Gasteiger charge is -2.09. The van der Waals surface area contributed by atoms with E-state index in [9.17, 15) is 8.78 Å². The number of nitrogens with one attached hydrogen (secondary N) is 1. The van der Waals surface area contributed by atoms with Gasteiger partial charge in [0, 0.05) is 12.1 Å². The lowest BCUT2D eigenvalue weighted by atomic mass is 10.0. The third-order valence-corrected chi connectivity index (χ3v) is 2.12. The molecule has 0 bridgehead atoms. The van der Waals surface area contributed by atoms with E-state index < -0.39 is 0 Å². The largest absolute Gasteiger partial charge is 0.316 e. The van der Waals surface area contributed by atoms with Crippen LogP contribution >= 0.6 is 0 Å². The highest BCUT2D eigenvalue weighted by Gasteiger charge is 2.12. The van der Waals surface area contributed by atoms with Crippen LogP contribution in [0.4, 0.5) is 8.78 Å². The zero-order valence-corrected chi connectivity index (χ0v) is 8.04. The summed E-state index contributed by atoms with van der Waals surface area (Å²) >= 11 is 0. The molecule has 0 radical (unpaired) electrons. The summed E-state index contributed by atoms with van der Waals surface area (Å²) in [5.41, 5.74) is 1.16. The molecule has 0 atom stereocenters. The summed E-state index contributed by atoms with van der Waals surface area (Å²) in [5.74, 6) is -0.655. The number of rotatable bonds is 2. The maximum absolute atomic E-state index is 13.4. The summed E-state index contributed by atoms with van der Waals surface area (Å²) in [7, 11) is 1.71. The van der Waals surface area contributed by atoms with Crippen molar-refractivity contribution in [3.8, 4) is 0 Å². The Balaban J connectivity index is 3.28. The van der Waals surface area contributed by atoms with Gasteiger partial charge < -0.3 is 5.32 Å². The molecule has 0 unspecified atom stereocenters. The van der Waals surface area contributed by atoms with Crippen LogP contribution < -0.4 is 5.32 Å². The molecule has 0 aliphatic heterocycles. The first kappa shape index (κ1) is 10.1. The van der Waals surface area contributed by atoms with Gasteiger partial charge in [0.25, 0.3) is 0 Å². The van der Waals surface area contributed by atoms with E-state index in [0.29, 0.717) is 23.2 Å². The van der Waals surface area contributed by atoms with E-state index in [0.717, 1.165) is 0 Å². The van der Waals surface area contributed by atoms with Crippen LogP contribution in [0.1, 0.15) is 16.7 Å². The van der Waals surface area contributed by atoms with E-state index in [1.165, 1.54) is 6.07 Å². The molecule has 1 aromatic rings. The molecule has 1 rings (SSSR count). The van der Waals surface area contributed by atoms with Crippen molar-refractivity contribution >= 4 is 0 Å². The van der Waals surface area contributed by atoms with Gasteiger partial charge in [-0.25, -0.2) is 8.78 Å². The zero-order chi connectivity index (χ0) is 10.0. The molecule has 0 spiro atoms. The Hall–Kier alpha value is -0.960. The minimum atomic E-state index is -0.343. The molecule has 1 aromatic carbocycles. The fourth-order valence-electron chi connectivity index (χ4n) is 1.30. The molecule has 13 heavy (non-hydrogen) atoms. The van der Waals surface area contributed by atoms with Gasteiger partial charge in [0.15, 0.2) is 0 Å². The van der Waals surface area contributed by atoms with E-state index in [1.54, 1.807) is 20.9 Å². The highest BCUT2D eigenvalue weighted by atomic mass is 19.1. The lowest BCUT2D eigenvalue weighted by Crippen LogP contribution is -2.10. The van der Waals surface area contributed by atoms with Crippen molar-refractivity contribution in [1.29, 1.82) is 0 Å². The molecule has 0 aliphatic carbocycles. The molecule has 0 saturated heterocycles. The van der Waals surface area contributed by atoms with Crippen molar-refractivity contribution in [3.05, 3.63) is 34.4 Å². The van der Waals surface area contributed by atoms with Gasteiger partial charge in [-0.3, -0.25) is 0 Å². The second-order valence-electron chi connectivity index (χ2n) is 3.12. The van der Waals surface area contributed by atoms with Crippen LogP contribution in [0, 0.1) is 25.5 Å². The van der Waals surface area contributed by atoms with Crippen LogP contribution in [0.25, 0.3) is 0 Å². The topological polar surface area (TPSA) is 12.0 Å². The maximum Gasteiger partial charge on any atom is 0.131 e. The first-order chi connectivity index (χ1) is 6.07. The SMILES string of the molecule is CNCc1c(C)c(F)cc(C)c1F. The van der Waals surface area contributed by atoms with Crippen molar-refractivity contribution in [2.75, 3.05) is 7.05 Å². The number of hydrogen-bond acceptors (Lipinski definition) is 1. The Morgan fingerprint density at radius 2 is 1.92 bits per heavy atom. The molecule has 0 amide bonds. The van der Waals surface area contributed by atoms with Crippen LogP contribution in [0.2, 0.25) is 0 Å². The number of aryl methyl sites for hydroxylation is 1. The summed E-state index contributed by atoms with van der Waals surface area (Å²) < 4.78 is 26.6. The standard InChI is InChI=1S/C10H13F2N/c1-6-4-9(11)7(2)8(5-13-3)10(6)12/h4,13H,5H2,1-3H3. The van der Waals surface area contributed by atoms with E-state index >= 15 is 0 Å². The molecule has 72 valence electrons. The smallest absolute Gasteiger partial charge is 0.131 e. The van der Waals surface area contributed by atoms with Crippen molar-refractivity contribution in [2.24, 2.45) is 0 Å². The lowest BCUT2D eigenvalue weighted by molar-refractivity contribution is 0.562. The van der Waals surface area contributed by atoms with Crippen LogP contribution in [0.3, 0.4) is 0 Å². The predicted octanol–water partition coefficient (Wildman–Crippen LogP) is 2.30. The number of benzene rings is 1. The average Bonchev–Trinajstić information content (AvgIpc) is 2.09. The van der Waals surface area contributed by atoms with Gasteiger partial charge in [-0.15, -0.1) is 0 Å². The van der Waals surface area contributed by atoms with Gasteiger partial charge in [-0.05, 0) is 38.1 Å².